The maximum atomic E-state index is 12.8. The van der Waals surface area contributed by atoms with Crippen LogP contribution in [0.5, 0.6) is 0 Å². The van der Waals surface area contributed by atoms with Crippen molar-refractivity contribution in [3.8, 4) is 11.4 Å². The first-order valence-electron chi connectivity index (χ1n) is 10.3. The zero-order valence-corrected chi connectivity index (χ0v) is 17.5. The molecule has 4 rings (SSSR count). The Labute approximate surface area is 180 Å². The molecule has 0 bridgehead atoms. The van der Waals surface area contributed by atoms with Crippen LogP contribution >= 0.6 is 0 Å². The minimum absolute atomic E-state index is 0.0230. The standard InChI is InChI=1S/C23H25N5O3/c1-17(29)24-15-18-7-9-20(10-8-18)23(30)28-13-11-27(12-14-28)16-21-25-22(26-31-21)19-5-3-2-4-6-19/h2-10H,11-16H2,1H3,(H,24,29). The van der Waals surface area contributed by atoms with Gasteiger partial charge in [0.1, 0.15) is 0 Å². The van der Waals surface area contributed by atoms with Gasteiger partial charge in [0.25, 0.3) is 5.91 Å². The lowest BCUT2D eigenvalue weighted by Gasteiger charge is -2.34. The van der Waals surface area contributed by atoms with Crippen molar-refractivity contribution in [3.05, 3.63) is 71.6 Å². The van der Waals surface area contributed by atoms with Crippen molar-refractivity contribution >= 4 is 11.8 Å². The normalized spacial score (nSPS) is 14.4. The zero-order chi connectivity index (χ0) is 21.6. The predicted octanol–water partition coefficient (Wildman–Crippen LogP) is 2.33. The van der Waals surface area contributed by atoms with Crippen molar-refractivity contribution in [1.82, 2.24) is 25.3 Å². The molecule has 1 saturated heterocycles. The van der Waals surface area contributed by atoms with Crippen LogP contribution in [0.3, 0.4) is 0 Å². The zero-order valence-electron chi connectivity index (χ0n) is 17.5. The number of carbonyl (C=O) groups excluding carboxylic acids is 2. The molecule has 160 valence electrons. The minimum Gasteiger partial charge on any atom is -0.352 e. The van der Waals surface area contributed by atoms with Gasteiger partial charge in [-0.3, -0.25) is 14.5 Å². The number of nitrogens with zero attached hydrogens (tertiary/aromatic N) is 4. The number of benzene rings is 2. The van der Waals surface area contributed by atoms with E-state index >= 15 is 0 Å². The van der Waals surface area contributed by atoms with E-state index in [1.54, 1.807) is 0 Å². The van der Waals surface area contributed by atoms with Crippen LogP contribution in [0.1, 0.15) is 28.7 Å². The highest BCUT2D eigenvalue weighted by Gasteiger charge is 2.23. The summed E-state index contributed by atoms with van der Waals surface area (Å²) in [5, 5.41) is 6.82. The van der Waals surface area contributed by atoms with Gasteiger partial charge in [-0.1, -0.05) is 47.6 Å². The topological polar surface area (TPSA) is 91.6 Å². The Balaban J connectivity index is 1.28. The maximum absolute atomic E-state index is 12.8. The monoisotopic (exact) mass is 419 g/mol. The molecular formula is C23H25N5O3. The largest absolute Gasteiger partial charge is 0.352 e. The van der Waals surface area contributed by atoms with Crippen LogP contribution in [0, 0.1) is 0 Å². The van der Waals surface area contributed by atoms with Gasteiger partial charge in [-0.2, -0.15) is 4.98 Å². The van der Waals surface area contributed by atoms with E-state index in [0.717, 1.165) is 24.2 Å². The second-order valence-corrected chi connectivity index (χ2v) is 7.55. The van der Waals surface area contributed by atoms with Gasteiger partial charge in [-0.25, -0.2) is 0 Å². The van der Waals surface area contributed by atoms with Crippen LogP contribution in [0.2, 0.25) is 0 Å². The van der Waals surface area contributed by atoms with Crippen LogP contribution < -0.4 is 5.32 Å². The molecule has 1 fully saturated rings. The number of nitrogens with one attached hydrogen (secondary N) is 1. The molecule has 0 unspecified atom stereocenters. The first kappa shape index (κ1) is 20.7. The van der Waals surface area contributed by atoms with Crippen LogP contribution in [0.15, 0.2) is 59.1 Å². The molecule has 2 aromatic carbocycles. The molecule has 1 aliphatic rings. The number of aromatic nitrogens is 2. The van der Waals surface area contributed by atoms with E-state index in [1.165, 1.54) is 6.92 Å². The van der Waals surface area contributed by atoms with E-state index in [0.29, 0.717) is 43.5 Å². The Kier molecular flexibility index (Phi) is 6.37. The van der Waals surface area contributed by atoms with Crippen molar-refractivity contribution in [2.45, 2.75) is 20.0 Å². The molecule has 0 radical (unpaired) electrons. The third kappa shape index (κ3) is 5.35. The lowest BCUT2D eigenvalue weighted by Crippen LogP contribution is -2.48. The summed E-state index contributed by atoms with van der Waals surface area (Å²) in [5.74, 6) is 1.12. The van der Waals surface area contributed by atoms with E-state index in [2.05, 4.69) is 20.4 Å². The summed E-state index contributed by atoms with van der Waals surface area (Å²) < 4.78 is 5.40. The molecular weight excluding hydrogens is 394 g/mol. The molecule has 0 saturated carbocycles. The summed E-state index contributed by atoms with van der Waals surface area (Å²) in [6.07, 6.45) is 0. The van der Waals surface area contributed by atoms with E-state index in [-0.39, 0.29) is 11.8 Å². The first-order valence-corrected chi connectivity index (χ1v) is 10.3. The molecule has 2 amide bonds. The molecule has 0 aliphatic carbocycles. The fraction of sp³-hybridized carbons (Fsp3) is 0.304. The summed E-state index contributed by atoms with van der Waals surface area (Å²) >= 11 is 0. The third-order valence-electron chi connectivity index (χ3n) is 5.26. The van der Waals surface area contributed by atoms with Crippen molar-refractivity contribution in [2.24, 2.45) is 0 Å². The highest BCUT2D eigenvalue weighted by atomic mass is 16.5. The summed E-state index contributed by atoms with van der Waals surface area (Å²) in [7, 11) is 0. The number of carbonyl (C=O) groups is 2. The second kappa shape index (κ2) is 9.53. The van der Waals surface area contributed by atoms with E-state index in [4.69, 9.17) is 4.52 Å². The molecule has 8 nitrogen and oxygen atoms in total. The molecule has 3 aromatic rings. The fourth-order valence-electron chi connectivity index (χ4n) is 3.50. The fourth-order valence-corrected chi connectivity index (χ4v) is 3.50. The second-order valence-electron chi connectivity index (χ2n) is 7.55. The Morgan fingerprint density at radius 3 is 2.39 bits per heavy atom. The van der Waals surface area contributed by atoms with Gasteiger partial charge in [0, 0.05) is 50.8 Å². The van der Waals surface area contributed by atoms with Gasteiger partial charge in [-0.05, 0) is 17.7 Å². The van der Waals surface area contributed by atoms with E-state index in [1.807, 2.05) is 59.5 Å². The van der Waals surface area contributed by atoms with Gasteiger partial charge in [0.15, 0.2) is 0 Å². The Morgan fingerprint density at radius 2 is 1.71 bits per heavy atom. The smallest absolute Gasteiger partial charge is 0.253 e. The highest BCUT2D eigenvalue weighted by molar-refractivity contribution is 5.94. The highest BCUT2D eigenvalue weighted by Crippen LogP contribution is 2.17. The molecule has 8 heteroatoms. The summed E-state index contributed by atoms with van der Waals surface area (Å²) in [6.45, 7) is 5.30. The Morgan fingerprint density at radius 1 is 1.00 bits per heavy atom. The average Bonchev–Trinajstić information content (AvgIpc) is 3.27. The van der Waals surface area contributed by atoms with Crippen LogP contribution in [0.4, 0.5) is 0 Å². The number of hydrogen-bond donors (Lipinski definition) is 1. The maximum Gasteiger partial charge on any atom is 0.253 e. The van der Waals surface area contributed by atoms with Gasteiger partial charge < -0.3 is 14.7 Å². The van der Waals surface area contributed by atoms with Crippen LogP contribution in [0.25, 0.3) is 11.4 Å². The third-order valence-corrected chi connectivity index (χ3v) is 5.26. The van der Waals surface area contributed by atoms with Gasteiger partial charge in [-0.15, -0.1) is 0 Å². The van der Waals surface area contributed by atoms with E-state index < -0.39 is 0 Å². The average molecular weight is 419 g/mol. The Bertz CT molecular complexity index is 1020. The van der Waals surface area contributed by atoms with Gasteiger partial charge in [0.05, 0.1) is 6.54 Å². The molecule has 0 spiro atoms. The van der Waals surface area contributed by atoms with Crippen LogP contribution in [-0.2, 0) is 17.9 Å². The number of piperazine rings is 1. The SMILES string of the molecule is CC(=O)NCc1ccc(C(=O)N2CCN(Cc3nc(-c4ccccc4)no3)CC2)cc1. The quantitative estimate of drug-likeness (QED) is 0.659. The molecule has 1 aromatic heterocycles. The minimum atomic E-state index is -0.0742. The summed E-state index contributed by atoms with van der Waals surface area (Å²) in [6, 6.07) is 17.1. The molecule has 1 N–H and O–H groups in total. The van der Waals surface area contributed by atoms with Crippen LogP contribution in [-0.4, -0.2) is 57.9 Å². The molecule has 31 heavy (non-hydrogen) atoms. The molecule has 1 aliphatic heterocycles. The predicted molar refractivity (Wildman–Crippen MR) is 115 cm³/mol. The van der Waals surface area contributed by atoms with Gasteiger partial charge in [0.2, 0.25) is 17.6 Å². The van der Waals surface area contributed by atoms with Crippen molar-refractivity contribution < 1.29 is 14.1 Å². The number of amides is 2. The Hall–Kier alpha value is -3.52. The van der Waals surface area contributed by atoms with Gasteiger partial charge >= 0.3 is 0 Å². The summed E-state index contributed by atoms with van der Waals surface area (Å²) in [5.41, 5.74) is 2.55. The summed E-state index contributed by atoms with van der Waals surface area (Å²) in [4.78, 5) is 32.4. The number of hydrogen-bond acceptors (Lipinski definition) is 6. The lowest BCUT2D eigenvalue weighted by atomic mass is 10.1. The number of rotatable bonds is 6. The van der Waals surface area contributed by atoms with E-state index in [9.17, 15) is 9.59 Å². The van der Waals surface area contributed by atoms with Crippen molar-refractivity contribution in [3.63, 3.8) is 0 Å². The first-order chi connectivity index (χ1) is 15.1. The van der Waals surface area contributed by atoms with Crippen molar-refractivity contribution in [2.75, 3.05) is 26.2 Å². The lowest BCUT2D eigenvalue weighted by molar-refractivity contribution is -0.119. The van der Waals surface area contributed by atoms with Crippen molar-refractivity contribution in [1.29, 1.82) is 0 Å². The molecule has 0 atom stereocenters. The molecule has 2 heterocycles.